The molecule has 3 nitrogen and oxygen atoms in total. The number of likely N-dealkylation sites (N-methyl/N-ethyl adjacent to an activating group) is 1. The van der Waals surface area contributed by atoms with Crippen molar-refractivity contribution in [2.75, 3.05) is 24.6 Å². The lowest BCUT2D eigenvalue weighted by atomic mass is 10.4. The van der Waals surface area contributed by atoms with E-state index in [0.717, 1.165) is 17.0 Å². The maximum Gasteiger partial charge on any atom is 0.129 e. The molecular weight excluding hydrogens is 232 g/mol. The molecule has 1 aromatic rings. The van der Waals surface area contributed by atoms with Crippen LogP contribution in [0.15, 0.2) is 22.8 Å². The average molecular weight is 245 g/mol. The Bertz CT molecular complexity index is 268. The van der Waals surface area contributed by atoms with E-state index in [0.29, 0.717) is 6.54 Å². The number of halogens is 1. The summed E-state index contributed by atoms with van der Waals surface area (Å²) in [6, 6.07) is 5.76. The fourth-order valence-electron chi connectivity index (χ4n) is 1.13. The summed E-state index contributed by atoms with van der Waals surface area (Å²) in [4.78, 5) is 6.31. The van der Waals surface area contributed by atoms with Crippen LogP contribution in [0, 0.1) is 0 Å². The van der Waals surface area contributed by atoms with E-state index in [1.807, 2.05) is 30.0 Å². The summed E-state index contributed by atoms with van der Waals surface area (Å²) in [5.41, 5.74) is 0. The van der Waals surface area contributed by atoms with Crippen LogP contribution in [0.5, 0.6) is 0 Å². The summed E-state index contributed by atoms with van der Waals surface area (Å²) in [5, 5.41) is 8.82. The molecule has 0 aliphatic heterocycles. The van der Waals surface area contributed by atoms with Gasteiger partial charge in [-0.15, -0.1) is 0 Å². The summed E-state index contributed by atoms with van der Waals surface area (Å²) >= 11 is 3.31. The predicted molar refractivity (Wildman–Crippen MR) is 56.9 cm³/mol. The fraction of sp³-hybridized carbons (Fsp3) is 0.444. The lowest BCUT2D eigenvalue weighted by Crippen LogP contribution is -2.26. The van der Waals surface area contributed by atoms with E-state index in [1.165, 1.54) is 0 Å². The third-order valence-electron chi connectivity index (χ3n) is 1.78. The van der Waals surface area contributed by atoms with Gasteiger partial charge in [0.2, 0.25) is 0 Å². The maximum absolute atomic E-state index is 8.82. The summed E-state index contributed by atoms with van der Waals surface area (Å²) in [5.74, 6) is 0.894. The molecular formula is C9H13BrN2O. The van der Waals surface area contributed by atoms with E-state index in [4.69, 9.17) is 5.11 Å². The molecule has 0 unspecified atom stereocenters. The Balaban J connectivity index is 2.78. The minimum Gasteiger partial charge on any atom is -0.395 e. The second kappa shape index (κ2) is 5.19. The first-order valence-electron chi connectivity index (χ1n) is 4.26. The largest absolute Gasteiger partial charge is 0.395 e. The van der Waals surface area contributed by atoms with Gasteiger partial charge in [-0.1, -0.05) is 6.07 Å². The van der Waals surface area contributed by atoms with Gasteiger partial charge >= 0.3 is 0 Å². The highest BCUT2D eigenvalue weighted by Gasteiger charge is 2.03. The lowest BCUT2D eigenvalue weighted by molar-refractivity contribution is 0.302. The van der Waals surface area contributed by atoms with Crippen molar-refractivity contribution in [2.45, 2.75) is 6.92 Å². The summed E-state index contributed by atoms with van der Waals surface area (Å²) < 4.78 is 0.821. The van der Waals surface area contributed by atoms with Crippen LogP contribution in [-0.4, -0.2) is 29.8 Å². The van der Waals surface area contributed by atoms with Gasteiger partial charge in [0.1, 0.15) is 10.4 Å². The highest BCUT2D eigenvalue weighted by molar-refractivity contribution is 9.10. The smallest absolute Gasteiger partial charge is 0.129 e. The third kappa shape index (κ3) is 2.97. The van der Waals surface area contributed by atoms with Crippen LogP contribution < -0.4 is 4.90 Å². The van der Waals surface area contributed by atoms with Crippen LogP contribution >= 0.6 is 15.9 Å². The Kier molecular flexibility index (Phi) is 4.18. The van der Waals surface area contributed by atoms with E-state index in [2.05, 4.69) is 20.9 Å². The number of aliphatic hydroxyl groups is 1. The molecule has 0 aliphatic carbocycles. The number of aromatic nitrogens is 1. The number of pyridine rings is 1. The van der Waals surface area contributed by atoms with Gasteiger partial charge < -0.3 is 10.0 Å². The van der Waals surface area contributed by atoms with Gasteiger partial charge in [0.15, 0.2) is 0 Å². The Morgan fingerprint density at radius 3 is 2.85 bits per heavy atom. The zero-order valence-electron chi connectivity index (χ0n) is 7.57. The van der Waals surface area contributed by atoms with E-state index in [9.17, 15) is 0 Å². The first-order valence-corrected chi connectivity index (χ1v) is 5.05. The first-order chi connectivity index (χ1) is 6.27. The van der Waals surface area contributed by atoms with Crippen molar-refractivity contribution in [1.82, 2.24) is 4.98 Å². The molecule has 0 aliphatic rings. The zero-order chi connectivity index (χ0) is 9.68. The second-order valence-electron chi connectivity index (χ2n) is 2.62. The van der Waals surface area contributed by atoms with Crippen molar-refractivity contribution in [3.63, 3.8) is 0 Å². The molecule has 0 amide bonds. The van der Waals surface area contributed by atoms with Crippen LogP contribution in [0.2, 0.25) is 0 Å². The Labute approximate surface area is 86.5 Å². The number of nitrogens with zero attached hydrogens (tertiary/aromatic N) is 2. The normalized spacial score (nSPS) is 10.1. The van der Waals surface area contributed by atoms with Crippen LogP contribution in [0.25, 0.3) is 0 Å². The minimum atomic E-state index is 0.155. The van der Waals surface area contributed by atoms with Crippen LogP contribution in [-0.2, 0) is 0 Å². The summed E-state index contributed by atoms with van der Waals surface area (Å²) in [6.07, 6.45) is 0. The molecule has 4 heteroatoms. The van der Waals surface area contributed by atoms with Gasteiger partial charge in [-0.3, -0.25) is 0 Å². The van der Waals surface area contributed by atoms with E-state index < -0.39 is 0 Å². The molecule has 72 valence electrons. The molecule has 1 aromatic heterocycles. The Hall–Kier alpha value is -0.610. The molecule has 1 heterocycles. The molecule has 1 rings (SSSR count). The number of rotatable bonds is 4. The SMILES string of the molecule is CCN(CCO)c1cccc(Br)n1. The first kappa shape index (κ1) is 10.5. The maximum atomic E-state index is 8.82. The molecule has 0 radical (unpaired) electrons. The van der Waals surface area contributed by atoms with E-state index in [-0.39, 0.29) is 6.61 Å². The lowest BCUT2D eigenvalue weighted by Gasteiger charge is -2.20. The minimum absolute atomic E-state index is 0.155. The highest BCUT2D eigenvalue weighted by Crippen LogP contribution is 2.14. The zero-order valence-corrected chi connectivity index (χ0v) is 9.16. The molecule has 0 aromatic carbocycles. The molecule has 1 N–H and O–H groups in total. The fourth-order valence-corrected chi connectivity index (χ4v) is 1.46. The number of anilines is 1. The van der Waals surface area contributed by atoms with Crippen molar-refractivity contribution < 1.29 is 5.11 Å². The van der Waals surface area contributed by atoms with Gasteiger partial charge in [-0.25, -0.2) is 4.98 Å². The second-order valence-corrected chi connectivity index (χ2v) is 3.43. The number of hydrogen-bond acceptors (Lipinski definition) is 3. The quantitative estimate of drug-likeness (QED) is 0.819. The Morgan fingerprint density at radius 2 is 2.31 bits per heavy atom. The molecule has 0 fully saturated rings. The van der Waals surface area contributed by atoms with E-state index in [1.54, 1.807) is 0 Å². The molecule has 0 bridgehead atoms. The standard InChI is InChI=1S/C9H13BrN2O/c1-2-12(6-7-13)9-5-3-4-8(10)11-9/h3-5,13H,2,6-7H2,1H3. The summed E-state index contributed by atoms with van der Waals surface area (Å²) in [7, 11) is 0. The third-order valence-corrected chi connectivity index (χ3v) is 2.22. The highest BCUT2D eigenvalue weighted by atomic mass is 79.9. The monoisotopic (exact) mass is 244 g/mol. The van der Waals surface area contributed by atoms with Gasteiger partial charge in [0.05, 0.1) is 6.61 Å². The molecule has 0 saturated heterocycles. The molecule has 13 heavy (non-hydrogen) atoms. The van der Waals surface area contributed by atoms with Gasteiger partial charge in [-0.05, 0) is 35.0 Å². The van der Waals surface area contributed by atoms with Crippen LogP contribution in [0.1, 0.15) is 6.92 Å². The van der Waals surface area contributed by atoms with Crippen LogP contribution in [0.4, 0.5) is 5.82 Å². The number of hydrogen-bond donors (Lipinski definition) is 1. The molecule has 0 saturated carbocycles. The molecule has 0 spiro atoms. The van der Waals surface area contributed by atoms with Crippen molar-refractivity contribution in [3.8, 4) is 0 Å². The van der Waals surface area contributed by atoms with Gasteiger partial charge in [-0.2, -0.15) is 0 Å². The van der Waals surface area contributed by atoms with Crippen molar-refractivity contribution >= 4 is 21.7 Å². The van der Waals surface area contributed by atoms with E-state index >= 15 is 0 Å². The summed E-state index contributed by atoms with van der Waals surface area (Å²) in [6.45, 7) is 3.67. The number of aliphatic hydroxyl groups excluding tert-OH is 1. The predicted octanol–water partition coefficient (Wildman–Crippen LogP) is 1.66. The van der Waals surface area contributed by atoms with Crippen molar-refractivity contribution in [1.29, 1.82) is 0 Å². The van der Waals surface area contributed by atoms with Gasteiger partial charge in [0.25, 0.3) is 0 Å². The Morgan fingerprint density at radius 1 is 1.54 bits per heavy atom. The topological polar surface area (TPSA) is 36.4 Å². The van der Waals surface area contributed by atoms with Crippen molar-refractivity contribution in [3.05, 3.63) is 22.8 Å². The molecule has 0 atom stereocenters. The van der Waals surface area contributed by atoms with Crippen LogP contribution in [0.3, 0.4) is 0 Å². The van der Waals surface area contributed by atoms with Gasteiger partial charge in [0, 0.05) is 13.1 Å². The van der Waals surface area contributed by atoms with Crippen molar-refractivity contribution in [2.24, 2.45) is 0 Å². The average Bonchev–Trinajstić information content (AvgIpc) is 2.14.